The standard InChI is InChI=1S/C27H26N2O6/c1-16-17(24(30)28-15-27(2,34)25(31)32)12-7-13-23(16)29-26(33)35-14-22-20-10-5-3-8-18(20)19-9-4-6-11-21(19)22/h3-13,22,34H,14-15H2,1-2H3,(H,28,30)(H,29,33)(H,31,32). The molecule has 0 aromatic heterocycles. The summed E-state index contributed by atoms with van der Waals surface area (Å²) in [5, 5.41) is 23.9. The third-order valence-corrected chi connectivity index (χ3v) is 6.21. The number of aliphatic carboxylic acids is 1. The summed E-state index contributed by atoms with van der Waals surface area (Å²) in [5.41, 5.74) is 3.49. The quantitative estimate of drug-likeness (QED) is 0.411. The monoisotopic (exact) mass is 474 g/mol. The Morgan fingerprint density at radius 1 is 0.943 bits per heavy atom. The maximum absolute atomic E-state index is 12.6. The van der Waals surface area contributed by atoms with E-state index < -0.39 is 30.1 Å². The number of anilines is 1. The first kappa shape index (κ1) is 24.0. The van der Waals surface area contributed by atoms with E-state index in [9.17, 15) is 19.5 Å². The predicted molar refractivity (Wildman–Crippen MR) is 130 cm³/mol. The van der Waals surface area contributed by atoms with Gasteiger partial charge >= 0.3 is 12.1 Å². The number of hydrogen-bond acceptors (Lipinski definition) is 5. The Morgan fingerprint density at radius 2 is 1.54 bits per heavy atom. The highest BCUT2D eigenvalue weighted by Crippen LogP contribution is 2.44. The molecule has 0 heterocycles. The molecule has 0 saturated heterocycles. The lowest BCUT2D eigenvalue weighted by atomic mass is 9.98. The summed E-state index contributed by atoms with van der Waals surface area (Å²) in [6.07, 6.45) is -0.652. The number of hydrogen-bond donors (Lipinski definition) is 4. The number of benzene rings is 3. The van der Waals surface area contributed by atoms with E-state index in [0.29, 0.717) is 11.3 Å². The van der Waals surface area contributed by atoms with Crippen LogP contribution >= 0.6 is 0 Å². The first-order valence-electron chi connectivity index (χ1n) is 11.1. The second-order valence-electron chi connectivity index (χ2n) is 8.69. The largest absolute Gasteiger partial charge is 0.479 e. The van der Waals surface area contributed by atoms with E-state index in [1.807, 2.05) is 36.4 Å². The lowest BCUT2D eigenvalue weighted by molar-refractivity contribution is -0.155. The van der Waals surface area contributed by atoms with Crippen molar-refractivity contribution in [3.63, 3.8) is 0 Å². The maximum atomic E-state index is 12.6. The van der Waals surface area contributed by atoms with Crippen molar-refractivity contribution >= 4 is 23.7 Å². The molecule has 0 saturated carbocycles. The van der Waals surface area contributed by atoms with E-state index in [2.05, 4.69) is 22.8 Å². The van der Waals surface area contributed by atoms with E-state index in [1.54, 1.807) is 25.1 Å². The van der Waals surface area contributed by atoms with Gasteiger partial charge in [0.1, 0.15) is 6.61 Å². The van der Waals surface area contributed by atoms with Gasteiger partial charge in [0, 0.05) is 17.2 Å². The zero-order valence-corrected chi connectivity index (χ0v) is 19.4. The van der Waals surface area contributed by atoms with Crippen molar-refractivity contribution in [2.45, 2.75) is 25.4 Å². The fourth-order valence-electron chi connectivity index (χ4n) is 4.18. The summed E-state index contributed by atoms with van der Waals surface area (Å²) < 4.78 is 5.57. The third-order valence-electron chi connectivity index (χ3n) is 6.21. The van der Waals surface area contributed by atoms with Crippen LogP contribution in [-0.4, -0.2) is 46.9 Å². The Kier molecular flexibility index (Phi) is 6.57. The third kappa shape index (κ3) is 4.88. The predicted octanol–water partition coefficient (Wildman–Crippen LogP) is 3.92. The van der Waals surface area contributed by atoms with Gasteiger partial charge in [-0.15, -0.1) is 0 Å². The number of carboxylic acid groups (broad SMARTS) is 1. The summed E-state index contributed by atoms with van der Waals surface area (Å²) in [7, 11) is 0. The second-order valence-corrected chi connectivity index (χ2v) is 8.69. The fraction of sp³-hybridized carbons (Fsp3) is 0.222. The molecule has 0 bridgehead atoms. The van der Waals surface area contributed by atoms with Crippen molar-refractivity contribution < 1.29 is 29.3 Å². The zero-order valence-electron chi connectivity index (χ0n) is 19.4. The molecule has 3 aromatic rings. The van der Waals surface area contributed by atoms with Crippen LogP contribution in [0.3, 0.4) is 0 Å². The average Bonchev–Trinajstić information content (AvgIpc) is 3.16. The molecule has 35 heavy (non-hydrogen) atoms. The van der Waals surface area contributed by atoms with Gasteiger partial charge in [-0.25, -0.2) is 9.59 Å². The van der Waals surface area contributed by atoms with Gasteiger partial charge in [-0.2, -0.15) is 0 Å². The number of carbonyl (C=O) groups excluding carboxylic acids is 2. The normalized spacial score (nSPS) is 13.8. The summed E-state index contributed by atoms with van der Waals surface area (Å²) in [6.45, 7) is 2.44. The van der Waals surface area contributed by atoms with Gasteiger partial charge in [0.05, 0.1) is 6.54 Å². The number of aliphatic hydroxyl groups is 1. The van der Waals surface area contributed by atoms with Crippen LogP contribution in [-0.2, 0) is 9.53 Å². The molecule has 4 N–H and O–H groups in total. The molecule has 180 valence electrons. The number of nitrogens with one attached hydrogen (secondary N) is 2. The lowest BCUT2D eigenvalue weighted by Gasteiger charge is -2.19. The van der Waals surface area contributed by atoms with Crippen LogP contribution in [0.15, 0.2) is 66.7 Å². The van der Waals surface area contributed by atoms with Gasteiger partial charge in [0.25, 0.3) is 5.91 Å². The topological polar surface area (TPSA) is 125 Å². The Labute approximate surface area is 202 Å². The van der Waals surface area contributed by atoms with Gasteiger partial charge in [0.15, 0.2) is 5.60 Å². The van der Waals surface area contributed by atoms with E-state index in [0.717, 1.165) is 29.2 Å². The summed E-state index contributed by atoms with van der Waals surface area (Å²) in [6, 6.07) is 20.9. The smallest absolute Gasteiger partial charge is 0.411 e. The highest BCUT2D eigenvalue weighted by Gasteiger charge is 2.31. The molecule has 8 heteroatoms. The highest BCUT2D eigenvalue weighted by molar-refractivity contribution is 5.98. The van der Waals surface area contributed by atoms with Crippen molar-refractivity contribution in [1.29, 1.82) is 0 Å². The van der Waals surface area contributed by atoms with Gasteiger partial charge < -0.3 is 20.3 Å². The Balaban J connectivity index is 1.42. The van der Waals surface area contributed by atoms with Crippen LogP contribution in [0.4, 0.5) is 10.5 Å². The molecule has 8 nitrogen and oxygen atoms in total. The molecule has 3 aromatic carbocycles. The van der Waals surface area contributed by atoms with E-state index >= 15 is 0 Å². The molecular formula is C27H26N2O6. The Bertz CT molecular complexity index is 1250. The Hall–Kier alpha value is -4.17. The number of ether oxygens (including phenoxy) is 1. The average molecular weight is 475 g/mol. The lowest BCUT2D eigenvalue weighted by Crippen LogP contribution is -2.46. The first-order chi connectivity index (χ1) is 16.7. The van der Waals surface area contributed by atoms with Crippen molar-refractivity contribution in [2.75, 3.05) is 18.5 Å². The maximum Gasteiger partial charge on any atom is 0.411 e. The van der Waals surface area contributed by atoms with Crippen molar-refractivity contribution in [1.82, 2.24) is 5.32 Å². The molecule has 0 spiro atoms. The van der Waals surface area contributed by atoms with Crippen LogP contribution in [0, 0.1) is 6.92 Å². The highest BCUT2D eigenvalue weighted by atomic mass is 16.5. The molecule has 0 radical (unpaired) electrons. The van der Waals surface area contributed by atoms with Gasteiger partial charge in [-0.1, -0.05) is 54.6 Å². The van der Waals surface area contributed by atoms with Gasteiger partial charge in [0.2, 0.25) is 0 Å². The molecule has 4 rings (SSSR count). The van der Waals surface area contributed by atoms with Crippen LogP contribution in [0.25, 0.3) is 11.1 Å². The summed E-state index contributed by atoms with van der Waals surface area (Å²) >= 11 is 0. The summed E-state index contributed by atoms with van der Waals surface area (Å²) in [5.74, 6) is -2.09. The molecule has 2 amide bonds. The van der Waals surface area contributed by atoms with E-state index in [4.69, 9.17) is 9.84 Å². The first-order valence-corrected chi connectivity index (χ1v) is 11.1. The van der Waals surface area contributed by atoms with Crippen molar-refractivity contribution in [3.05, 3.63) is 89.0 Å². The van der Waals surface area contributed by atoms with Gasteiger partial charge in [-0.05, 0) is 53.8 Å². The van der Waals surface area contributed by atoms with Crippen LogP contribution < -0.4 is 10.6 Å². The number of fused-ring (bicyclic) bond motifs is 3. The van der Waals surface area contributed by atoms with E-state index in [-0.39, 0.29) is 18.1 Å². The number of amides is 2. The molecule has 1 aliphatic carbocycles. The fourth-order valence-corrected chi connectivity index (χ4v) is 4.18. The summed E-state index contributed by atoms with van der Waals surface area (Å²) in [4.78, 5) is 36.2. The number of rotatable bonds is 7. The van der Waals surface area contributed by atoms with Crippen LogP contribution in [0.1, 0.15) is 39.9 Å². The van der Waals surface area contributed by atoms with E-state index in [1.165, 1.54) is 0 Å². The minimum Gasteiger partial charge on any atom is -0.479 e. The number of carboxylic acids is 1. The van der Waals surface area contributed by atoms with Gasteiger partial charge in [-0.3, -0.25) is 10.1 Å². The second kappa shape index (κ2) is 9.60. The molecule has 1 aliphatic rings. The Morgan fingerprint density at radius 3 is 2.14 bits per heavy atom. The van der Waals surface area contributed by atoms with Crippen molar-refractivity contribution in [3.8, 4) is 11.1 Å². The zero-order chi connectivity index (χ0) is 25.2. The minimum absolute atomic E-state index is 0.0756. The molecule has 0 aliphatic heterocycles. The SMILES string of the molecule is Cc1c(NC(=O)OCC2c3ccccc3-c3ccccc32)cccc1C(=O)NCC(C)(O)C(=O)O. The molecule has 0 fully saturated rings. The molecule has 1 unspecified atom stereocenters. The van der Waals surface area contributed by atoms with Crippen LogP contribution in [0.5, 0.6) is 0 Å². The van der Waals surface area contributed by atoms with Crippen molar-refractivity contribution in [2.24, 2.45) is 0 Å². The van der Waals surface area contributed by atoms with Crippen LogP contribution in [0.2, 0.25) is 0 Å². The molecular weight excluding hydrogens is 448 g/mol. The minimum atomic E-state index is -2.10. The number of carbonyl (C=O) groups is 3. The molecule has 1 atom stereocenters.